The summed E-state index contributed by atoms with van der Waals surface area (Å²) < 4.78 is 12.7. The molecule has 3 rings (SSSR count). The molecule has 24 heavy (non-hydrogen) atoms. The van der Waals surface area contributed by atoms with Crippen molar-refractivity contribution in [3.05, 3.63) is 50.9 Å². The van der Waals surface area contributed by atoms with E-state index in [0.717, 1.165) is 8.95 Å². The van der Waals surface area contributed by atoms with Crippen molar-refractivity contribution in [3.8, 4) is 11.5 Å². The number of Topliss-reactive ketones (excluding diaryl/α,β-unsaturated/α-hetero) is 1. The standard InChI is InChI=1S/C17H13Br2NO4/c1-9(24-14-5-3-11(18)7-12(14)19)17(22)10-2-4-15-13(6-10)20-16(21)8-23-15/h2-7,9H,8H2,1H3,(H,20,21). The number of carbonyl (C=O) groups excluding carboxylic acids is 2. The highest BCUT2D eigenvalue weighted by Gasteiger charge is 2.22. The first-order valence-electron chi connectivity index (χ1n) is 7.16. The molecule has 1 N–H and O–H groups in total. The third kappa shape index (κ3) is 3.62. The summed E-state index contributed by atoms with van der Waals surface area (Å²) in [5, 5.41) is 2.69. The molecule has 0 spiro atoms. The molecule has 0 bridgehead atoms. The molecule has 1 aliphatic heterocycles. The molecule has 0 fully saturated rings. The maximum Gasteiger partial charge on any atom is 0.262 e. The summed E-state index contributed by atoms with van der Waals surface area (Å²) in [4.78, 5) is 24.0. The quantitative estimate of drug-likeness (QED) is 0.703. The van der Waals surface area contributed by atoms with Crippen LogP contribution in [0.3, 0.4) is 0 Å². The second-order valence-corrected chi connectivity index (χ2v) is 7.02. The predicted molar refractivity (Wildman–Crippen MR) is 96.8 cm³/mol. The highest BCUT2D eigenvalue weighted by Crippen LogP contribution is 2.31. The molecule has 1 atom stereocenters. The molecule has 2 aromatic carbocycles. The van der Waals surface area contributed by atoms with Gasteiger partial charge < -0.3 is 14.8 Å². The van der Waals surface area contributed by atoms with Gasteiger partial charge in [0.15, 0.2) is 12.7 Å². The smallest absolute Gasteiger partial charge is 0.262 e. The average molecular weight is 455 g/mol. The number of nitrogens with one attached hydrogen (secondary N) is 1. The second-order valence-electron chi connectivity index (χ2n) is 5.25. The van der Waals surface area contributed by atoms with E-state index in [4.69, 9.17) is 9.47 Å². The highest BCUT2D eigenvalue weighted by atomic mass is 79.9. The number of ether oxygens (including phenoxy) is 2. The van der Waals surface area contributed by atoms with E-state index < -0.39 is 6.10 Å². The van der Waals surface area contributed by atoms with E-state index in [9.17, 15) is 9.59 Å². The number of ketones is 1. The monoisotopic (exact) mass is 453 g/mol. The zero-order chi connectivity index (χ0) is 17.3. The van der Waals surface area contributed by atoms with Gasteiger partial charge in [-0.3, -0.25) is 9.59 Å². The molecule has 1 unspecified atom stereocenters. The average Bonchev–Trinajstić information content (AvgIpc) is 2.56. The first-order chi connectivity index (χ1) is 11.4. The molecule has 1 aliphatic rings. The summed E-state index contributed by atoms with van der Waals surface area (Å²) in [6.45, 7) is 1.67. The number of carbonyl (C=O) groups is 2. The van der Waals surface area contributed by atoms with Crippen LogP contribution in [0.15, 0.2) is 45.3 Å². The first kappa shape index (κ1) is 17.0. The summed E-state index contributed by atoms with van der Waals surface area (Å²) >= 11 is 6.78. The zero-order valence-electron chi connectivity index (χ0n) is 12.6. The number of benzene rings is 2. The molecular formula is C17H13Br2NO4. The van der Waals surface area contributed by atoms with E-state index in [2.05, 4.69) is 37.2 Å². The molecule has 124 valence electrons. The van der Waals surface area contributed by atoms with Crippen LogP contribution in [0.25, 0.3) is 0 Å². The summed E-state index contributed by atoms with van der Waals surface area (Å²) in [6.07, 6.45) is -0.680. The van der Waals surface area contributed by atoms with Crippen molar-refractivity contribution in [2.45, 2.75) is 13.0 Å². The lowest BCUT2D eigenvalue weighted by molar-refractivity contribution is -0.118. The lowest BCUT2D eigenvalue weighted by Crippen LogP contribution is -2.27. The molecule has 1 heterocycles. The van der Waals surface area contributed by atoms with E-state index in [-0.39, 0.29) is 18.3 Å². The Kier molecular flexibility index (Phi) is 4.91. The maximum atomic E-state index is 12.6. The lowest BCUT2D eigenvalue weighted by Gasteiger charge is -2.19. The van der Waals surface area contributed by atoms with Gasteiger partial charge in [-0.05, 0) is 59.3 Å². The molecule has 0 saturated heterocycles. The van der Waals surface area contributed by atoms with Crippen molar-refractivity contribution in [1.82, 2.24) is 0 Å². The minimum absolute atomic E-state index is 0.0165. The molecule has 1 amide bonds. The Morgan fingerprint density at radius 2 is 2.04 bits per heavy atom. The van der Waals surface area contributed by atoms with Crippen LogP contribution in [-0.2, 0) is 4.79 Å². The Morgan fingerprint density at radius 3 is 2.79 bits per heavy atom. The minimum atomic E-state index is -0.680. The van der Waals surface area contributed by atoms with Crippen LogP contribution in [-0.4, -0.2) is 24.4 Å². The van der Waals surface area contributed by atoms with Gasteiger partial charge in [-0.2, -0.15) is 0 Å². The van der Waals surface area contributed by atoms with Crippen LogP contribution >= 0.6 is 31.9 Å². The fourth-order valence-corrected chi connectivity index (χ4v) is 3.43. The molecular weight excluding hydrogens is 442 g/mol. The predicted octanol–water partition coefficient (Wildman–Crippen LogP) is 4.19. The number of anilines is 1. The molecule has 0 aromatic heterocycles. The van der Waals surface area contributed by atoms with Crippen LogP contribution in [0, 0.1) is 0 Å². The SMILES string of the molecule is CC(Oc1ccc(Br)cc1Br)C(=O)c1ccc2c(c1)NC(=O)CO2. The molecule has 2 aromatic rings. The molecule has 0 aliphatic carbocycles. The Hall–Kier alpha value is -1.86. The van der Waals surface area contributed by atoms with Crippen molar-refractivity contribution in [2.24, 2.45) is 0 Å². The van der Waals surface area contributed by atoms with E-state index in [1.54, 1.807) is 31.2 Å². The van der Waals surface area contributed by atoms with Gasteiger partial charge in [-0.1, -0.05) is 15.9 Å². The van der Waals surface area contributed by atoms with Gasteiger partial charge in [0.2, 0.25) is 5.78 Å². The Labute approximate surface area is 155 Å². The maximum absolute atomic E-state index is 12.6. The number of hydrogen-bond donors (Lipinski definition) is 1. The third-order valence-corrected chi connectivity index (χ3v) is 4.58. The number of rotatable bonds is 4. The number of fused-ring (bicyclic) bond motifs is 1. The topological polar surface area (TPSA) is 64.6 Å². The highest BCUT2D eigenvalue weighted by molar-refractivity contribution is 9.11. The van der Waals surface area contributed by atoms with E-state index in [1.165, 1.54) is 0 Å². The number of hydrogen-bond acceptors (Lipinski definition) is 4. The summed E-state index contributed by atoms with van der Waals surface area (Å²) in [7, 11) is 0. The van der Waals surface area contributed by atoms with Crippen molar-refractivity contribution in [3.63, 3.8) is 0 Å². The van der Waals surface area contributed by atoms with Crippen LogP contribution in [0.1, 0.15) is 17.3 Å². The first-order valence-corrected chi connectivity index (χ1v) is 8.75. The van der Waals surface area contributed by atoms with E-state index in [0.29, 0.717) is 22.7 Å². The Morgan fingerprint density at radius 1 is 1.25 bits per heavy atom. The van der Waals surface area contributed by atoms with Gasteiger partial charge in [-0.15, -0.1) is 0 Å². The second kappa shape index (κ2) is 6.94. The van der Waals surface area contributed by atoms with Crippen molar-refractivity contribution in [2.75, 3.05) is 11.9 Å². The summed E-state index contributed by atoms with van der Waals surface area (Å²) in [5.74, 6) is 0.701. The fraction of sp³-hybridized carbons (Fsp3) is 0.176. The zero-order valence-corrected chi connectivity index (χ0v) is 15.8. The van der Waals surface area contributed by atoms with Crippen molar-refractivity contribution in [1.29, 1.82) is 0 Å². The normalized spacial score (nSPS) is 14.2. The van der Waals surface area contributed by atoms with E-state index >= 15 is 0 Å². The third-order valence-electron chi connectivity index (χ3n) is 3.46. The van der Waals surface area contributed by atoms with Crippen LogP contribution in [0.2, 0.25) is 0 Å². The summed E-state index contributed by atoms with van der Waals surface area (Å²) in [6, 6.07) is 10.4. The Balaban J connectivity index is 1.78. The van der Waals surface area contributed by atoms with Crippen LogP contribution in [0.5, 0.6) is 11.5 Å². The van der Waals surface area contributed by atoms with Gasteiger partial charge in [0.1, 0.15) is 11.5 Å². The fourth-order valence-electron chi connectivity index (χ4n) is 2.29. The molecule has 0 saturated carbocycles. The number of halogens is 2. The van der Waals surface area contributed by atoms with Crippen LogP contribution < -0.4 is 14.8 Å². The van der Waals surface area contributed by atoms with Crippen molar-refractivity contribution >= 4 is 49.2 Å². The number of amides is 1. The molecule has 0 radical (unpaired) electrons. The summed E-state index contributed by atoms with van der Waals surface area (Å²) in [5.41, 5.74) is 0.939. The molecule has 7 heteroatoms. The van der Waals surface area contributed by atoms with Crippen molar-refractivity contribution < 1.29 is 19.1 Å². The van der Waals surface area contributed by atoms with Gasteiger partial charge >= 0.3 is 0 Å². The molecule has 5 nitrogen and oxygen atoms in total. The Bertz CT molecular complexity index is 822. The van der Waals surface area contributed by atoms with Gasteiger partial charge in [0.05, 0.1) is 10.2 Å². The van der Waals surface area contributed by atoms with Gasteiger partial charge in [-0.25, -0.2) is 0 Å². The lowest BCUT2D eigenvalue weighted by atomic mass is 10.1. The van der Waals surface area contributed by atoms with Crippen LogP contribution in [0.4, 0.5) is 5.69 Å². The van der Waals surface area contributed by atoms with Gasteiger partial charge in [0.25, 0.3) is 5.91 Å². The van der Waals surface area contributed by atoms with Gasteiger partial charge in [0, 0.05) is 10.0 Å². The van der Waals surface area contributed by atoms with E-state index in [1.807, 2.05) is 12.1 Å². The largest absolute Gasteiger partial charge is 0.482 e. The minimum Gasteiger partial charge on any atom is -0.482 e.